The van der Waals surface area contributed by atoms with Gasteiger partial charge in [0, 0.05) is 18.8 Å². The second-order valence-corrected chi connectivity index (χ2v) is 9.22. The molecule has 2 N–H and O–H groups in total. The lowest BCUT2D eigenvalue weighted by atomic mass is 9.90. The number of likely N-dealkylation sites (tertiary alicyclic amines) is 1. The van der Waals surface area contributed by atoms with Gasteiger partial charge in [-0.05, 0) is 61.1 Å². The van der Waals surface area contributed by atoms with Crippen molar-refractivity contribution < 1.29 is 22.4 Å². The first-order valence-corrected chi connectivity index (χ1v) is 11.5. The van der Waals surface area contributed by atoms with E-state index in [2.05, 4.69) is 10.0 Å². The SMILES string of the molecule is CS(=O)(=O)Nc1cccc(NC(=O)C(=O)N2CCC(Cc3ccc(F)cc3)CC2)c1. The molecule has 0 bridgehead atoms. The molecule has 0 spiro atoms. The van der Waals surface area contributed by atoms with Crippen LogP contribution in [-0.2, 0) is 26.0 Å². The summed E-state index contributed by atoms with van der Waals surface area (Å²) < 4.78 is 38.0. The number of sulfonamides is 1. The van der Waals surface area contributed by atoms with E-state index < -0.39 is 21.8 Å². The van der Waals surface area contributed by atoms with Crippen molar-refractivity contribution in [2.45, 2.75) is 19.3 Å². The maximum Gasteiger partial charge on any atom is 0.313 e. The van der Waals surface area contributed by atoms with Gasteiger partial charge in [-0.3, -0.25) is 14.3 Å². The van der Waals surface area contributed by atoms with Crippen molar-refractivity contribution in [2.75, 3.05) is 29.4 Å². The average Bonchev–Trinajstić information content (AvgIpc) is 2.69. The molecule has 0 aromatic heterocycles. The average molecular weight is 434 g/mol. The Balaban J connectivity index is 1.51. The molecule has 7 nitrogen and oxygen atoms in total. The van der Waals surface area contributed by atoms with Gasteiger partial charge in [0.2, 0.25) is 10.0 Å². The summed E-state index contributed by atoms with van der Waals surface area (Å²) in [5.41, 5.74) is 1.68. The van der Waals surface area contributed by atoms with E-state index in [4.69, 9.17) is 0 Å². The number of carbonyl (C=O) groups is 2. The first-order valence-electron chi connectivity index (χ1n) is 9.62. The Kier molecular flexibility index (Phi) is 6.71. The van der Waals surface area contributed by atoms with Crippen molar-refractivity contribution in [1.29, 1.82) is 0 Å². The van der Waals surface area contributed by atoms with Gasteiger partial charge in [0.25, 0.3) is 0 Å². The number of amides is 2. The highest BCUT2D eigenvalue weighted by Crippen LogP contribution is 2.22. The summed E-state index contributed by atoms with van der Waals surface area (Å²) in [7, 11) is -3.44. The lowest BCUT2D eigenvalue weighted by Gasteiger charge is -2.31. The topological polar surface area (TPSA) is 95.6 Å². The van der Waals surface area contributed by atoms with Crippen LogP contribution >= 0.6 is 0 Å². The molecule has 2 aromatic rings. The molecule has 1 saturated heterocycles. The summed E-state index contributed by atoms with van der Waals surface area (Å²) in [6.07, 6.45) is 3.38. The van der Waals surface area contributed by atoms with Crippen LogP contribution < -0.4 is 10.0 Å². The van der Waals surface area contributed by atoms with Crippen LogP contribution in [-0.4, -0.2) is 44.5 Å². The highest BCUT2D eigenvalue weighted by molar-refractivity contribution is 7.92. The van der Waals surface area contributed by atoms with Crippen LogP contribution in [0.5, 0.6) is 0 Å². The second kappa shape index (κ2) is 9.25. The van der Waals surface area contributed by atoms with E-state index in [0.717, 1.165) is 31.1 Å². The third-order valence-electron chi connectivity index (χ3n) is 4.96. The molecule has 0 atom stereocenters. The van der Waals surface area contributed by atoms with Crippen LogP contribution in [0, 0.1) is 11.7 Å². The first-order chi connectivity index (χ1) is 14.2. The number of carbonyl (C=O) groups excluding carboxylic acids is 2. The van der Waals surface area contributed by atoms with Gasteiger partial charge < -0.3 is 10.2 Å². The lowest BCUT2D eigenvalue weighted by Crippen LogP contribution is -2.44. The molecule has 1 aliphatic heterocycles. The quantitative estimate of drug-likeness (QED) is 0.709. The smallest absolute Gasteiger partial charge is 0.313 e. The summed E-state index contributed by atoms with van der Waals surface area (Å²) in [4.78, 5) is 26.3. The highest BCUT2D eigenvalue weighted by Gasteiger charge is 2.27. The summed E-state index contributed by atoms with van der Waals surface area (Å²) in [6, 6.07) is 12.6. The van der Waals surface area contributed by atoms with E-state index in [0.29, 0.717) is 30.4 Å². The van der Waals surface area contributed by atoms with Crippen LogP contribution in [0.25, 0.3) is 0 Å². The van der Waals surface area contributed by atoms with E-state index in [1.807, 2.05) is 0 Å². The summed E-state index contributed by atoms with van der Waals surface area (Å²) in [5, 5.41) is 2.52. The number of nitrogens with one attached hydrogen (secondary N) is 2. The highest BCUT2D eigenvalue weighted by atomic mass is 32.2. The van der Waals surface area contributed by atoms with Gasteiger partial charge in [0.15, 0.2) is 0 Å². The first kappa shape index (κ1) is 21.8. The van der Waals surface area contributed by atoms with Crippen LogP contribution in [0.2, 0.25) is 0 Å². The van der Waals surface area contributed by atoms with Crippen LogP contribution in [0.4, 0.5) is 15.8 Å². The second-order valence-electron chi connectivity index (χ2n) is 7.48. The van der Waals surface area contributed by atoms with Crippen molar-refractivity contribution in [2.24, 2.45) is 5.92 Å². The third kappa shape index (κ3) is 6.28. The van der Waals surface area contributed by atoms with Gasteiger partial charge >= 0.3 is 11.8 Å². The molecule has 9 heteroatoms. The van der Waals surface area contributed by atoms with Crippen molar-refractivity contribution in [3.05, 3.63) is 59.9 Å². The van der Waals surface area contributed by atoms with E-state index in [9.17, 15) is 22.4 Å². The van der Waals surface area contributed by atoms with E-state index >= 15 is 0 Å². The van der Waals surface area contributed by atoms with Gasteiger partial charge in [-0.15, -0.1) is 0 Å². The molecule has 1 fully saturated rings. The minimum absolute atomic E-state index is 0.261. The molecular formula is C21H24FN3O4S. The van der Waals surface area contributed by atoms with E-state index in [1.165, 1.54) is 23.1 Å². The maximum absolute atomic E-state index is 13.0. The van der Waals surface area contributed by atoms with Crippen molar-refractivity contribution in [3.63, 3.8) is 0 Å². The number of halogens is 1. The minimum Gasteiger partial charge on any atom is -0.334 e. The molecule has 0 saturated carbocycles. The zero-order chi connectivity index (χ0) is 21.7. The standard InChI is InChI=1S/C21H24FN3O4S/c1-30(28,29)24-19-4-2-3-18(14-19)23-20(26)21(27)25-11-9-16(10-12-25)13-15-5-7-17(22)8-6-15/h2-8,14,16,24H,9-13H2,1H3,(H,23,26). The number of benzene rings is 2. The maximum atomic E-state index is 13.0. The summed E-state index contributed by atoms with van der Waals surface area (Å²) in [6.45, 7) is 0.960. The molecule has 2 amide bonds. The van der Waals surface area contributed by atoms with Crippen LogP contribution in [0.15, 0.2) is 48.5 Å². The van der Waals surface area contributed by atoms with Gasteiger partial charge in [0.1, 0.15) is 5.82 Å². The normalized spacial score (nSPS) is 14.9. The molecule has 3 rings (SSSR count). The molecule has 2 aromatic carbocycles. The van der Waals surface area contributed by atoms with Gasteiger partial charge in [-0.25, -0.2) is 12.8 Å². The molecule has 30 heavy (non-hydrogen) atoms. The molecule has 0 radical (unpaired) electrons. The molecule has 1 aliphatic rings. The fourth-order valence-electron chi connectivity index (χ4n) is 3.50. The van der Waals surface area contributed by atoms with Gasteiger partial charge in [0.05, 0.1) is 11.9 Å². The third-order valence-corrected chi connectivity index (χ3v) is 5.56. The predicted molar refractivity (Wildman–Crippen MR) is 113 cm³/mol. The molecule has 0 aliphatic carbocycles. The Morgan fingerprint density at radius 2 is 1.70 bits per heavy atom. The van der Waals surface area contributed by atoms with Gasteiger partial charge in [-0.2, -0.15) is 0 Å². The van der Waals surface area contributed by atoms with Crippen molar-refractivity contribution in [3.8, 4) is 0 Å². The number of rotatable bonds is 5. The van der Waals surface area contributed by atoms with Crippen molar-refractivity contribution >= 4 is 33.2 Å². The number of piperidine rings is 1. The predicted octanol–water partition coefficient (Wildman–Crippen LogP) is 2.62. The minimum atomic E-state index is -3.44. The molecule has 1 heterocycles. The fourth-order valence-corrected chi connectivity index (χ4v) is 4.05. The fraction of sp³-hybridized carbons (Fsp3) is 0.333. The van der Waals surface area contributed by atoms with Crippen LogP contribution in [0.3, 0.4) is 0 Å². The Bertz CT molecular complexity index is 1020. The number of nitrogens with zero attached hydrogens (tertiary/aromatic N) is 1. The van der Waals surface area contributed by atoms with Crippen molar-refractivity contribution in [1.82, 2.24) is 4.90 Å². The monoisotopic (exact) mass is 433 g/mol. The number of anilines is 2. The van der Waals surface area contributed by atoms with E-state index in [-0.39, 0.29) is 5.82 Å². The molecule has 0 unspecified atom stereocenters. The Labute approximate surface area is 175 Å². The summed E-state index contributed by atoms with van der Waals surface area (Å²) in [5.74, 6) is -1.26. The van der Waals surface area contributed by atoms with Crippen LogP contribution in [0.1, 0.15) is 18.4 Å². The van der Waals surface area contributed by atoms with Gasteiger partial charge in [-0.1, -0.05) is 18.2 Å². The zero-order valence-corrected chi connectivity index (χ0v) is 17.4. The Hall–Kier alpha value is -2.94. The largest absolute Gasteiger partial charge is 0.334 e. The Morgan fingerprint density at radius 3 is 2.33 bits per heavy atom. The summed E-state index contributed by atoms with van der Waals surface area (Å²) >= 11 is 0. The zero-order valence-electron chi connectivity index (χ0n) is 16.6. The molecular weight excluding hydrogens is 409 g/mol. The number of hydrogen-bond donors (Lipinski definition) is 2. The lowest BCUT2D eigenvalue weighted by molar-refractivity contribution is -0.144. The van der Waals surface area contributed by atoms with E-state index in [1.54, 1.807) is 30.3 Å². The Morgan fingerprint density at radius 1 is 1.07 bits per heavy atom. The number of hydrogen-bond acceptors (Lipinski definition) is 4. The molecule has 160 valence electrons.